The summed E-state index contributed by atoms with van der Waals surface area (Å²) in [5.41, 5.74) is -0.460. The van der Waals surface area contributed by atoms with E-state index in [-0.39, 0.29) is 16.8 Å². The summed E-state index contributed by atoms with van der Waals surface area (Å²) in [6, 6.07) is 6.52. The highest BCUT2D eigenvalue weighted by Crippen LogP contribution is 2.42. The summed E-state index contributed by atoms with van der Waals surface area (Å²) in [7, 11) is -2.26. The molecule has 0 saturated carbocycles. The van der Waals surface area contributed by atoms with Crippen LogP contribution in [0.15, 0.2) is 29.2 Å². The maximum absolute atomic E-state index is 13.4. The molecule has 2 fully saturated rings. The summed E-state index contributed by atoms with van der Waals surface area (Å²) >= 11 is 0. The molecule has 0 bridgehead atoms. The molecule has 25 heavy (non-hydrogen) atoms. The van der Waals surface area contributed by atoms with Crippen LogP contribution in [0, 0.1) is 0 Å². The summed E-state index contributed by atoms with van der Waals surface area (Å²) in [5.74, 6) is 0.209. The lowest BCUT2D eigenvalue weighted by atomic mass is 9.86. The fraction of sp³-hybridized carbons (Fsp3) is 0.588. The van der Waals surface area contributed by atoms with Crippen molar-refractivity contribution in [2.24, 2.45) is 0 Å². The van der Waals surface area contributed by atoms with Gasteiger partial charge in [-0.1, -0.05) is 12.1 Å². The number of carbonyl (C=O) groups excluding carboxylic acids is 1. The number of benzene rings is 1. The molecule has 0 unspecified atom stereocenters. The number of piperidine rings is 1. The molecule has 0 aromatic heterocycles. The summed E-state index contributed by atoms with van der Waals surface area (Å²) < 4.78 is 33.7. The van der Waals surface area contributed by atoms with Crippen LogP contribution >= 0.6 is 0 Å². The second-order valence-corrected chi connectivity index (χ2v) is 8.59. The number of hydrogen-bond donors (Lipinski definition) is 2. The molecule has 138 valence electrons. The molecule has 0 aliphatic carbocycles. The van der Waals surface area contributed by atoms with Gasteiger partial charge in [-0.15, -0.1) is 0 Å². The van der Waals surface area contributed by atoms with Gasteiger partial charge in [0.15, 0.2) is 0 Å². The predicted molar refractivity (Wildman–Crippen MR) is 93.9 cm³/mol. The van der Waals surface area contributed by atoms with Crippen LogP contribution in [-0.4, -0.2) is 57.0 Å². The molecule has 2 aliphatic heterocycles. The van der Waals surface area contributed by atoms with Gasteiger partial charge in [0.25, 0.3) is 0 Å². The lowest BCUT2D eigenvalue weighted by molar-refractivity contribution is -0.119. The number of sulfonamides is 1. The Hall–Kier alpha value is -1.64. The normalized spacial score (nSPS) is 23.5. The van der Waals surface area contributed by atoms with Crippen LogP contribution in [0.4, 0.5) is 0 Å². The van der Waals surface area contributed by atoms with E-state index in [2.05, 4.69) is 10.6 Å². The van der Waals surface area contributed by atoms with Crippen molar-refractivity contribution in [3.63, 3.8) is 0 Å². The summed E-state index contributed by atoms with van der Waals surface area (Å²) in [6.45, 7) is 3.29. The van der Waals surface area contributed by atoms with Crippen molar-refractivity contribution in [3.05, 3.63) is 24.3 Å². The Kier molecular flexibility index (Phi) is 5.04. The molecule has 1 aromatic carbocycles. The molecule has 1 amide bonds. The van der Waals surface area contributed by atoms with E-state index in [4.69, 9.17) is 4.74 Å². The molecule has 1 aromatic rings. The molecule has 2 N–H and O–H groups in total. The van der Waals surface area contributed by atoms with Crippen molar-refractivity contribution in [1.29, 1.82) is 0 Å². The van der Waals surface area contributed by atoms with E-state index in [1.54, 1.807) is 28.6 Å². The van der Waals surface area contributed by atoms with Crippen LogP contribution in [0.25, 0.3) is 0 Å². The van der Waals surface area contributed by atoms with Gasteiger partial charge in [-0.25, -0.2) is 8.42 Å². The number of nitrogens with one attached hydrogen (secondary N) is 2. The maximum atomic E-state index is 13.4. The first-order valence-electron chi connectivity index (χ1n) is 8.53. The Morgan fingerprint density at radius 1 is 1.32 bits per heavy atom. The molecule has 8 heteroatoms. The number of hydrogen-bond acceptors (Lipinski definition) is 5. The Morgan fingerprint density at radius 2 is 2.00 bits per heavy atom. The van der Waals surface area contributed by atoms with Crippen molar-refractivity contribution < 1.29 is 17.9 Å². The highest BCUT2D eigenvalue weighted by atomic mass is 32.2. The van der Waals surface area contributed by atoms with Crippen LogP contribution in [0.2, 0.25) is 0 Å². The molecule has 2 aliphatic rings. The fourth-order valence-electron chi connectivity index (χ4n) is 4.05. The first kappa shape index (κ1) is 18.2. The van der Waals surface area contributed by atoms with Gasteiger partial charge in [-0.05, 0) is 44.5 Å². The molecule has 7 nitrogen and oxygen atoms in total. The Labute approximate surface area is 148 Å². The number of rotatable bonds is 4. The predicted octanol–water partition coefficient (Wildman–Crippen LogP) is 0.717. The average molecular weight is 367 g/mol. The van der Waals surface area contributed by atoms with Crippen molar-refractivity contribution in [2.45, 2.75) is 42.7 Å². The van der Waals surface area contributed by atoms with Gasteiger partial charge in [0.2, 0.25) is 15.9 Å². The van der Waals surface area contributed by atoms with E-state index in [0.717, 1.165) is 25.9 Å². The Morgan fingerprint density at radius 3 is 2.64 bits per heavy atom. The van der Waals surface area contributed by atoms with Gasteiger partial charge in [0.1, 0.15) is 10.6 Å². The molecule has 1 atom stereocenters. The van der Waals surface area contributed by atoms with Gasteiger partial charge in [0.05, 0.1) is 7.11 Å². The van der Waals surface area contributed by atoms with E-state index in [1.165, 1.54) is 14.0 Å². The molecule has 2 saturated heterocycles. The Balaban J connectivity index is 2.00. The van der Waals surface area contributed by atoms with E-state index in [0.29, 0.717) is 18.7 Å². The smallest absolute Gasteiger partial charge is 0.247 e. The second kappa shape index (κ2) is 6.93. The summed E-state index contributed by atoms with van der Waals surface area (Å²) in [5, 5.41) is 6.19. The zero-order valence-corrected chi connectivity index (χ0v) is 15.4. The lowest BCUT2D eigenvalue weighted by Crippen LogP contribution is -2.53. The highest BCUT2D eigenvalue weighted by molar-refractivity contribution is 7.89. The molecule has 3 rings (SSSR count). The maximum Gasteiger partial charge on any atom is 0.247 e. The number of ether oxygens (including phenoxy) is 1. The SMILES string of the molecule is COc1ccccc1S(=O)(=O)N1C[C@@H](NC(C)=O)CC12CCNCC2. The van der Waals surface area contributed by atoms with Gasteiger partial charge in [-0.3, -0.25) is 4.79 Å². The van der Waals surface area contributed by atoms with Crippen LogP contribution in [0.1, 0.15) is 26.2 Å². The zero-order chi connectivity index (χ0) is 18.1. The van der Waals surface area contributed by atoms with E-state index < -0.39 is 15.6 Å². The molecular formula is C17H25N3O4S. The number of amides is 1. The quantitative estimate of drug-likeness (QED) is 0.819. The number of methoxy groups -OCH3 is 1. The minimum absolute atomic E-state index is 0.134. The van der Waals surface area contributed by atoms with E-state index in [9.17, 15) is 13.2 Å². The van der Waals surface area contributed by atoms with Crippen molar-refractivity contribution in [2.75, 3.05) is 26.7 Å². The lowest BCUT2D eigenvalue weighted by Gasteiger charge is -2.40. The minimum atomic E-state index is -3.73. The molecule has 2 heterocycles. The van der Waals surface area contributed by atoms with Crippen LogP contribution < -0.4 is 15.4 Å². The number of nitrogens with zero attached hydrogens (tertiary/aromatic N) is 1. The summed E-state index contributed by atoms with van der Waals surface area (Å²) in [4.78, 5) is 11.7. The van der Waals surface area contributed by atoms with Gasteiger partial charge < -0.3 is 15.4 Å². The van der Waals surface area contributed by atoms with Crippen molar-refractivity contribution in [3.8, 4) is 5.75 Å². The van der Waals surface area contributed by atoms with Gasteiger partial charge in [0, 0.05) is 25.0 Å². The third-order valence-corrected chi connectivity index (χ3v) is 7.13. The minimum Gasteiger partial charge on any atom is -0.495 e. The zero-order valence-electron chi connectivity index (χ0n) is 14.6. The molecular weight excluding hydrogens is 342 g/mol. The van der Waals surface area contributed by atoms with Crippen LogP contribution in [0.5, 0.6) is 5.75 Å². The first-order chi connectivity index (χ1) is 11.9. The Bertz CT molecular complexity index is 744. The van der Waals surface area contributed by atoms with Crippen molar-refractivity contribution in [1.82, 2.24) is 14.9 Å². The molecule has 1 spiro atoms. The first-order valence-corrected chi connectivity index (χ1v) is 9.97. The highest BCUT2D eigenvalue weighted by Gasteiger charge is 2.52. The number of para-hydroxylation sites is 1. The van der Waals surface area contributed by atoms with Gasteiger partial charge in [-0.2, -0.15) is 4.31 Å². The topological polar surface area (TPSA) is 87.7 Å². The molecule has 0 radical (unpaired) electrons. The van der Waals surface area contributed by atoms with E-state index >= 15 is 0 Å². The fourth-order valence-corrected chi connectivity index (χ4v) is 6.09. The standard InChI is InChI=1S/C17H25N3O4S/c1-13(21)19-14-11-17(7-9-18-10-8-17)20(12-14)25(22,23)16-6-4-3-5-15(16)24-2/h3-6,14,18H,7-12H2,1-2H3,(H,19,21)/t14-/m0/s1. The van der Waals surface area contributed by atoms with E-state index in [1.807, 2.05) is 0 Å². The monoisotopic (exact) mass is 367 g/mol. The summed E-state index contributed by atoms with van der Waals surface area (Å²) in [6.07, 6.45) is 2.11. The third-order valence-electron chi connectivity index (χ3n) is 5.12. The number of carbonyl (C=O) groups is 1. The average Bonchev–Trinajstić information content (AvgIpc) is 2.92. The van der Waals surface area contributed by atoms with Gasteiger partial charge >= 0.3 is 0 Å². The second-order valence-electron chi connectivity index (χ2n) is 6.76. The third kappa shape index (κ3) is 3.38. The largest absolute Gasteiger partial charge is 0.495 e. The van der Waals surface area contributed by atoms with Crippen LogP contribution in [0.3, 0.4) is 0 Å². The van der Waals surface area contributed by atoms with Crippen LogP contribution in [-0.2, 0) is 14.8 Å². The van der Waals surface area contributed by atoms with Crippen molar-refractivity contribution >= 4 is 15.9 Å².